The minimum atomic E-state index is 0.682. The van der Waals surface area contributed by atoms with Crippen LogP contribution in [0.3, 0.4) is 0 Å². The van der Waals surface area contributed by atoms with Gasteiger partial charge in [0.2, 0.25) is 0 Å². The van der Waals surface area contributed by atoms with E-state index in [1.165, 1.54) is 17.1 Å². The third kappa shape index (κ3) is 3.03. The molecule has 5 heteroatoms. The van der Waals surface area contributed by atoms with E-state index in [4.69, 9.17) is 5.73 Å². The predicted octanol–water partition coefficient (Wildman–Crippen LogP) is 3.04. The van der Waals surface area contributed by atoms with E-state index < -0.39 is 0 Å². The summed E-state index contributed by atoms with van der Waals surface area (Å²) in [5.41, 5.74) is 6.95. The van der Waals surface area contributed by atoms with Crippen molar-refractivity contribution in [3.8, 4) is 0 Å². The molecule has 2 rings (SSSR count). The van der Waals surface area contributed by atoms with E-state index in [2.05, 4.69) is 34.8 Å². The molecule has 0 bridgehead atoms. The molecule has 0 aliphatic heterocycles. The molecular weight excluding hydrogens is 250 g/mol. The molecule has 0 radical (unpaired) electrons. The largest absolute Gasteiger partial charge is 0.330 e. The molecule has 2 aromatic rings. The van der Waals surface area contributed by atoms with E-state index in [1.54, 1.807) is 11.3 Å². The fourth-order valence-electron chi connectivity index (χ4n) is 1.68. The van der Waals surface area contributed by atoms with Crippen molar-refractivity contribution in [3.05, 3.63) is 17.3 Å². The molecule has 0 saturated carbocycles. The summed E-state index contributed by atoms with van der Waals surface area (Å²) in [6, 6.07) is 0. The average molecular weight is 269 g/mol. The number of nitrogens with two attached hydrogens (primary N) is 1. The molecule has 0 atom stereocenters. The molecule has 0 saturated heterocycles. The number of thiazole rings is 1. The monoisotopic (exact) mass is 269 g/mol. The van der Waals surface area contributed by atoms with Gasteiger partial charge in [-0.2, -0.15) is 0 Å². The van der Waals surface area contributed by atoms with Crippen LogP contribution in [0, 0.1) is 5.92 Å². The van der Waals surface area contributed by atoms with E-state index in [9.17, 15) is 0 Å². The second-order valence-corrected chi connectivity index (χ2v) is 6.45. The summed E-state index contributed by atoms with van der Waals surface area (Å²) in [6.07, 6.45) is 4.23. The van der Waals surface area contributed by atoms with Crippen LogP contribution in [-0.4, -0.2) is 21.7 Å². The van der Waals surface area contributed by atoms with Crippen molar-refractivity contribution < 1.29 is 0 Å². The number of fused-ring (bicyclic) bond motifs is 1. The number of nitrogens with zero attached hydrogens (tertiary/aromatic N) is 2. The van der Waals surface area contributed by atoms with Crippen molar-refractivity contribution in [2.24, 2.45) is 11.7 Å². The SMILES string of the molecule is CC(C)CCSc1nc2sccn2c1CCN. The summed E-state index contributed by atoms with van der Waals surface area (Å²) in [7, 11) is 0. The molecular formula is C12H19N3S2. The summed E-state index contributed by atoms with van der Waals surface area (Å²) in [5.74, 6) is 1.89. The van der Waals surface area contributed by atoms with Gasteiger partial charge in [-0.05, 0) is 24.6 Å². The zero-order valence-electron chi connectivity index (χ0n) is 10.3. The highest BCUT2D eigenvalue weighted by atomic mass is 32.2. The van der Waals surface area contributed by atoms with Crippen LogP contribution < -0.4 is 5.73 Å². The lowest BCUT2D eigenvalue weighted by molar-refractivity contribution is 0.632. The van der Waals surface area contributed by atoms with Crippen LogP contribution in [0.1, 0.15) is 26.0 Å². The average Bonchev–Trinajstić information content (AvgIpc) is 2.82. The number of hydrogen-bond acceptors (Lipinski definition) is 4. The lowest BCUT2D eigenvalue weighted by Crippen LogP contribution is -2.05. The Morgan fingerprint density at radius 1 is 1.53 bits per heavy atom. The molecule has 94 valence electrons. The second-order valence-electron chi connectivity index (χ2n) is 4.49. The first-order valence-electron chi connectivity index (χ1n) is 5.99. The molecule has 0 aliphatic carbocycles. The fraction of sp³-hybridized carbons (Fsp3) is 0.583. The van der Waals surface area contributed by atoms with Gasteiger partial charge < -0.3 is 5.73 Å². The van der Waals surface area contributed by atoms with Crippen LogP contribution in [0.5, 0.6) is 0 Å². The van der Waals surface area contributed by atoms with Crippen molar-refractivity contribution in [1.29, 1.82) is 0 Å². The maximum Gasteiger partial charge on any atom is 0.194 e. The maximum atomic E-state index is 5.68. The Kier molecular flexibility index (Phi) is 4.48. The first-order valence-corrected chi connectivity index (χ1v) is 7.86. The van der Waals surface area contributed by atoms with E-state index in [1.807, 2.05) is 11.8 Å². The summed E-state index contributed by atoms with van der Waals surface area (Å²) < 4.78 is 2.18. The Balaban J connectivity index is 2.14. The number of imidazole rings is 1. The van der Waals surface area contributed by atoms with E-state index >= 15 is 0 Å². The minimum absolute atomic E-state index is 0.682. The standard InChI is InChI=1S/C12H19N3S2/c1-9(2)4-7-16-11-10(3-5-13)15-6-8-17-12(15)14-11/h6,8-9H,3-5,7,13H2,1-2H3. The van der Waals surface area contributed by atoms with Gasteiger partial charge >= 0.3 is 0 Å². The topological polar surface area (TPSA) is 43.3 Å². The van der Waals surface area contributed by atoms with E-state index in [-0.39, 0.29) is 0 Å². The van der Waals surface area contributed by atoms with Crippen LogP contribution in [0.15, 0.2) is 16.6 Å². The molecule has 2 N–H and O–H groups in total. The molecule has 2 heterocycles. The third-order valence-electron chi connectivity index (χ3n) is 2.64. The highest BCUT2D eigenvalue weighted by molar-refractivity contribution is 7.99. The molecule has 0 aliphatic rings. The molecule has 2 aromatic heterocycles. The predicted molar refractivity (Wildman–Crippen MR) is 76.0 cm³/mol. The summed E-state index contributed by atoms with van der Waals surface area (Å²) >= 11 is 3.55. The van der Waals surface area contributed by atoms with Crippen molar-refractivity contribution in [2.45, 2.75) is 31.7 Å². The van der Waals surface area contributed by atoms with Crippen molar-refractivity contribution >= 4 is 28.1 Å². The van der Waals surface area contributed by atoms with Gasteiger partial charge in [-0.1, -0.05) is 13.8 Å². The van der Waals surface area contributed by atoms with Crippen LogP contribution >= 0.6 is 23.1 Å². The van der Waals surface area contributed by atoms with Crippen LogP contribution in [0.25, 0.3) is 4.96 Å². The molecule has 0 fully saturated rings. The summed E-state index contributed by atoms with van der Waals surface area (Å²) in [4.78, 5) is 5.76. The Morgan fingerprint density at radius 2 is 2.35 bits per heavy atom. The number of rotatable bonds is 6. The highest BCUT2D eigenvalue weighted by Gasteiger charge is 2.12. The normalized spacial score (nSPS) is 11.8. The quantitative estimate of drug-likeness (QED) is 0.820. The molecule has 3 nitrogen and oxygen atoms in total. The highest BCUT2D eigenvalue weighted by Crippen LogP contribution is 2.27. The molecule has 0 amide bonds. The molecule has 0 aromatic carbocycles. The summed E-state index contributed by atoms with van der Waals surface area (Å²) in [6.45, 7) is 5.20. The van der Waals surface area contributed by atoms with Crippen molar-refractivity contribution in [1.82, 2.24) is 9.38 Å². The Hall–Kier alpha value is -0.520. The maximum absolute atomic E-state index is 5.68. The number of hydrogen-bond donors (Lipinski definition) is 1. The van der Waals surface area contributed by atoms with Crippen LogP contribution in [0.2, 0.25) is 0 Å². The fourth-order valence-corrected chi connectivity index (χ4v) is 3.78. The summed E-state index contributed by atoms with van der Waals surface area (Å²) in [5, 5.41) is 3.24. The Morgan fingerprint density at radius 3 is 3.06 bits per heavy atom. The van der Waals surface area contributed by atoms with E-state index in [0.717, 1.165) is 23.1 Å². The van der Waals surface area contributed by atoms with Crippen LogP contribution in [0.4, 0.5) is 0 Å². The zero-order chi connectivity index (χ0) is 12.3. The Bertz CT molecular complexity index is 473. The van der Waals surface area contributed by atoms with Crippen molar-refractivity contribution in [2.75, 3.05) is 12.3 Å². The van der Waals surface area contributed by atoms with Gasteiger partial charge in [0, 0.05) is 18.0 Å². The molecule has 0 unspecified atom stereocenters. The lowest BCUT2D eigenvalue weighted by atomic mass is 10.2. The second kappa shape index (κ2) is 5.89. The van der Waals surface area contributed by atoms with Crippen LogP contribution in [-0.2, 0) is 6.42 Å². The third-order valence-corrected chi connectivity index (χ3v) is 4.44. The first kappa shape index (κ1) is 12.9. The van der Waals surface area contributed by atoms with Gasteiger partial charge in [-0.3, -0.25) is 4.40 Å². The van der Waals surface area contributed by atoms with Gasteiger partial charge in [0.1, 0.15) is 5.03 Å². The zero-order valence-corrected chi connectivity index (χ0v) is 12.0. The van der Waals surface area contributed by atoms with Gasteiger partial charge in [0.05, 0.1) is 5.69 Å². The van der Waals surface area contributed by atoms with E-state index in [0.29, 0.717) is 6.54 Å². The van der Waals surface area contributed by atoms with Crippen molar-refractivity contribution in [3.63, 3.8) is 0 Å². The smallest absolute Gasteiger partial charge is 0.194 e. The number of aromatic nitrogens is 2. The van der Waals surface area contributed by atoms with Gasteiger partial charge in [-0.15, -0.1) is 23.1 Å². The Labute approximate surface area is 110 Å². The molecule has 0 spiro atoms. The first-order chi connectivity index (χ1) is 8.22. The molecule has 17 heavy (non-hydrogen) atoms. The van der Waals surface area contributed by atoms with Gasteiger partial charge in [0.25, 0.3) is 0 Å². The lowest BCUT2D eigenvalue weighted by Gasteiger charge is -2.04. The number of thioether (sulfide) groups is 1. The van der Waals surface area contributed by atoms with Gasteiger partial charge in [-0.25, -0.2) is 4.98 Å². The minimum Gasteiger partial charge on any atom is -0.330 e. The van der Waals surface area contributed by atoms with Gasteiger partial charge in [0.15, 0.2) is 4.96 Å².